The highest BCUT2D eigenvalue weighted by Crippen LogP contribution is 2.29. The van der Waals surface area contributed by atoms with E-state index in [1.54, 1.807) is 11.9 Å². The van der Waals surface area contributed by atoms with Crippen molar-refractivity contribution in [3.8, 4) is 0 Å². The Hall–Kier alpha value is -3.24. The summed E-state index contributed by atoms with van der Waals surface area (Å²) >= 11 is 0. The molecule has 9 heteroatoms. The van der Waals surface area contributed by atoms with Gasteiger partial charge in [0.15, 0.2) is 5.72 Å². The zero-order valence-corrected chi connectivity index (χ0v) is 22.6. The number of nitrogens with one attached hydrogen (secondary N) is 1. The summed E-state index contributed by atoms with van der Waals surface area (Å²) in [6.45, 7) is 4.11. The average Bonchev–Trinajstić information content (AvgIpc) is 2.91. The Bertz CT molecular complexity index is 1070. The molecule has 0 aromatic heterocycles. The number of methoxy groups -OCH3 is 2. The molecule has 0 spiro atoms. The molecule has 2 amide bonds. The molecular weight excluding hydrogens is 488 g/mol. The van der Waals surface area contributed by atoms with Crippen LogP contribution in [0.5, 0.6) is 0 Å². The molecule has 0 aliphatic carbocycles. The monoisotopic (exact) mass is 526 g/mol. The fraction of sp³-hybridized carbons (Fsp3) is 0.448. The standard InChI is InChI=1S/C29H38N2O7/c1-20(16-21(2)25-18-29(34,27(35-4)36-5)30-28(33)38-25)24(37-19-22-12-8-6-9-13-22)17-26(32)31(3)23-14-10-7-11-15-23/h6-16,21,24-25,27,34H,17-19H2,1-5H3,(H,30,33). The number of nitrogens with zero attached hydrogens (tertiary/aromatic N) is 1. The molecule has 2 aromatic carbocycles. The van der Waals surface area contributed by atoms with E-state index in [2.05, 4.69) is 5.32 Å². The number of ether oxygens (including phenoxy) is 4. The number of amides is 2. The lowest BCUT2D eigenvalue weighted by molar-refractivity contribution is -0.243. The zero-order chi connectivity index (χ0) is 27.7. The van der Waals surface area contributed by atoms with Crippen molar-refractivity contribution in [1.82, 2.24) is 5.32 Å². The first-order chi connectivity index (χ1) is 18.2. The van der Waals surface area contributed by atoms with Crippen LogP contribution in [0.2, 0.25) is 0 Å². The fourth-order valence-corrected chi connectivity index (χ4v) is 4.52. The highest BCUT2D eigenvalue weighted by atomic mass is 16.7. The number of cyclic esters (lactones) is 1. The van der Waals surface area contributed by atoms with Crippen LogP contribution in [-0.4, -0.2) is 62.6 Å². The molecular formula is C29H38N2O7. The first-order valence-corrected chi connectivity index (χ1v) is 12.6. The summed E-state index contributed by atoms with van der Waals surface area (Å²) < 4.78 is 22.1. The molecule has 0 radical (unpaired) electrons. The van der Waals surface area contributed by atoms with Gasteiger partial charge in [0, 0.05) is 39.3 Å². The molecule has 4 unspecified atom stereocenters. The molecule has 2 N–H and O–H groups in total. The largest absolute Gasteiger partial charge is 0.445 e. The maximum Gasteiger partial charge on any atom is 0.409 e. The lowest BCUT2D eigenvalue weighted by Gasteiger charge is -2.41. The van der Waals surface area contributed by atoms with E-state index < -0.39 is 30.3 Å². The van der Waals surface area contributed by atoms with Crippen LogP contribution in [0, 0.1) is 5.92 Å². The summed E-state index contributed by atoms with van der Waals surface area (Å²) in [7, 11) is 4.51. The van der Waals surface area contributed by atoms with Gasteiger partial charge in [-0.3, -0.25) is 10.1 Å². The predicted molar refractivity (Wildman–Crippen MR) is 143 cm³/mol. The van der Waals surface area contributed by atoms with Crippen molar-refractivity contribution in [3.05, 3.63) is 77.9 Å². The van der Waals surface area contributed by atoms with Gasteiger partial charge in [-0.15, -0.1) is 0 Å². The molecule has 206 valence electrons. The molecule has 0 bridgehead atoms. The Labute approximate surface area is 224 Å². The van der Waals surface area contributed by atoms with E-state index in [-0.39, 0.29) is 24.7 Å². The quantitative estimate of drug-likeness (QED) is 0.318. The number of para-hydroxylation sites is 1. The van der Waals surface area contributed by atoms with Gasteiger partial charge >= 0.3 is 6.09 Å². The number of carbonyl (C=O) groups excluding carboxylic acids is 2. The Balaban J connectivity index is 1.78. The normalized spacial score (nSPS) is 21.4. The topological polar surface area (TPSA) is 107 Å². The van der Waals surface area contributed by atoms with E-state index >= 15 is 0 Å². The van der Waals surface area contributed by atoms with Crippen molar-refractivity contribution in [1.29, 1.82) is 0 Å². The van der Waals surface area contributed by atoms with E-state index in [1.807, 2.05) is 80.6 Å². The maximum atomic E-state index is 13.2. The van der Waals surface area contributed by atoms with Crippen LogP contribution in [0.1, 0.15) is 32.3 Å². The van der Waals surface area contributed by atoms with Gasteiger partial charge in [0.2, 0.25) is 12.2 Å². The minimum Gasteiger partial charge on any atom is -0.445 e. The van der Waals surface area contributed by atoms with Gasteiger partial charge in [-0.25, -0.2) is 4.79 Å². The Morgan fingerprint density at radius 1 is 1.16 bits per heavy atom. The van der Waals surface area contributed by atoms with Crippen LogP contribution in [0.25, 0.3) is 0 Å². The highest BCUT2D eigenvalue weighted by Gasteiger charge is 2.47. The third-order valence-electron chi connectivity index (χ3n) is 6.70. The molecule has 0 saturated carbocycles. The molecule has 1 saturated heterocycles. The fourth-order valence-electron chi connectivity index (χ4n) is 4.52. The van der Waals surface area contributed by atoms with Crippen LogP contribution in [-0.2, 0) is 30.3 Å². The second-order valence-electron chi connectivity index (χ2n) is 9.55. The number of hydrogen-bond acceptors (Lipinski definition) is 7. The molecule has 9 nitrogen and oxygen atoms in total. The summed E-state index contributed by atoms with van der Waals surface area (Å²) in [6.07, 6.45) is -0.920. The zero-order valence-electron chi connectivity index (χ0n) is 22.6. The van der Waals surface area contributed by atoms with Crippen LogP contribution in [0.3, 0.4) is 0 Å². The Morgan fingerprint density at radius 3 is 2.37 bits per heavy atom. The summed E-state index contributed by atoms with van der Waals surface area (Å²) in [5.74, 6) is -0.396. The van der Waals surface area contributed by atoms with Gasteiger partial charge in [-0.2, -0.15) is 0 Å². The van der Waals surface area contributed by atoms with Crippen molar-refractivity contribution in [2.24, 2.45) is 5.92 Å². The lowest BCUT2D eigenvalue weighted by Crippen LogP contribution is -2.64. The summed E-state index contributed by atoms with van der Waals surface area (Å²) in [4.78, 5) is 27.1. The number of hydrogen-bond donors (Lipinski definition) is 2. The minimum absolute atomic E-state index is 0.0429. The molecule has 1 heterocycles. The molecule has 1 aliphatic heterocycles. The molecule has 38 heavy (non-hydrogen) atoms. The van der Waals surface area contributed by atoms with Crippen molar-refractivity contribution < 1.29 is 33.6 Å². The Kier molecular flexibility index (Phi) is 10.4. The van der Waals surface area contributed by atoms with Gasteiger partial charge in [-0.1, -0.05) is 61.5 Å². The van der Waals surface area contributed by atoms with E-state index in [9.17, 15) is 14.7 Å². The van der Waals surface area contributed by atoms with Gasteiger partial charge < -0.3 is 29.0 Å². The van der Waals surface area contributed by atoms with Crippen LogP contribution >= 0.6 is 0 Å². The van der Waals surface area contributed by atoms with Gasteiger partial charge in [-0.05, 0) is 30.2 Å². The van der Waals surface area contributed by atoms with Crippen molar-refractivity contribution >= 4 is 17.7 Å². The maximum absolute atomic E-state index is 13.2. The number of carbonyl (C=O) groups is 2. The number of anilines is 1. The number of alkyl carbamates (subject to hydrolysis) is 1. The number of aliphatic hydroxyl groups is 1. The van der Waals surface area contributed by atoms with E-state index in [4.69, 9.17) is 18.9 Å². The van der Waals surface area contributed by atoms with Crippen LogP contribution in [0.15, 0.2) is 72.3 Å². The lowest BCUT2D eigenvalue weighted by atomic mass is 9.91. The van der Waals surface area contributed by atoms with E-state index in [0.29, 0.717) is 6.61 Å². The second kappa shape index (κ2) is 13.5. The molecule has 1 aliphatic rings. The predicted octanol–water partition coefficient (Wildman–Crippen LogP) is 4.01. The second-order valence-corrected chi connectivity index (χ2v) is 9.55. The molecule has 2 aromatic rings. The van der Waals surface area contributed by atoms with Gasteiger partial charge in [0.1, 0.15) is 6.10 Å². The van der Waals surface area contributed by atoms with E-state index in [0.717, 1.165) is 16.8 Å². The Morgan fingerprint density at radius 2 is 1.76 bits per heavy atom. The minimum atomic E-state index is -1.75. The van der Waals surface area contributed by atoms with Crippen molar-refractivity contribution in [2.45, 2.75) is 57.5 Å². The van der Waals surface area contributed by atoms with Gasteiger partial charge in [0.05, 0.1) is 19.1 Å². The first kappa shape index (κ1) is 29.3. The summed E-state index contributed by atoms with van der Waals surface area (Å²) in [5.41, 5.74) is 0.846. The molecule has 1 fully saturated rings. The summed E-state index contributed by atoms with van der Waals surface area (Å²) in [5, 5.41) is 13.4. The van der Waals surface area contributed by atoms with Crippen LogP contribution < -0.4 is 10.2 Å². The third-order valence-corrected chi connectivity index (χ3v) is 6.70. The SMILES string of the molecule is COC(OC)C1(O)CC(C(C)C=C(C)C(CC(=O)N(C)c2ccccc2)OCc2ccccc2)OC(=O)N1. The van der Waals surface area contributed by atoms with E-state index in [1.165, 1.54) is 14.2 Å². The van der Waals surface area contributed by atoms with Gasteiger partial charge in [0.25, 0.3) is 0 Å². The highest BCUT2D eigenvalue weighted by molar-refractivity contribution is 5.93. The number of benzene rings is 2. The van der Waals surface area contributed by atoms with Crippen molar-refractivity contribution in [3.63, 3.8) is 0 Å². The summed E-state index contributed by atoms with van der Waals surface area (Å²) in [6, 6.07) is 19.2. The average molecular weight is 527 g/mol. The smallest absolute Gasteiger partial charge is 0.409 e. The number of rotatable bonds is 12. The van der Waals surface area contributed by atoms with Crippen LogP contribution in [0.4, 0.5) is 10.5 Å². The van der Waals surface area contributed by atoms with Crippen molar-refractivity contribution in [2.75, 3.05) is 26.2 Å². The third kappa shape index (κ3) is 7.64. The molecule has 3 rings (SSSR count). The first-order valence-electron chi connectivity index (χ1n) is 12.6. The molecule has 4 atom stereocenters.